The Morgan fingerprint density at radius 2 is 1.61 bits per heavy atom. The van der Waals surface area contributed by atoms with E-state index in [-0.39, 0.29) is 0 Å². The van der Waals surface area contributed by atoms with Gasteiger partial charge in [0.05, 0.1) is 37.8 Å². The molecule has 0 aromatic heterocycles. The fourth-order valence-corrected chi connectivity index (χ4v) is 3.19. The molecular formula is C17H26N4O2. The molecule has 0 atom stereocenters. The topological polar surface area (TPSA) is 40.5 Å². The highest BCUT2D eigenvalue weighted by Crippen LogP contribution is 2.29. The van der Waals surface area contributed by atoms with Gasteiger partial charge in [-0.2, -0.15) is 0 Å². The zero-order chi connectivity index (χ0) is 16.1. The molecule has 0 radical (unpaired) electrons. The zero-order valence-electron chi connectivity index (χ0n) is 14.1. The molecular weight excluding hydrogens is 292 g/mol. The fourth-order valence-electron chi connectivity index (χ4n) is 3.19. The van der Waals surface area contributed by atoms with E-state index in [4.69, 9.17) is 9.47 Å². The summed E-state index contributed by atoms with van der Waals surface area (Å²) < 4.78 is 10.9. The van der Waals surface area contributed by atoms with Gasteiger partial charge in [0.15, 0.2) is 0 Å². The van der Waals surface area contributed by atoms with Gasteiger partial charge in [-0.15, -0.1) is 0 Å². The van der Waals surface area contributed by atoms with Crippen LogP contribution < -0.4 is 9.80 Å². The second kappa shape index (κ2) is 7.66. The van der Waals surface area contributed by atoms with Crippen molar-refractivity contribution in [3.63, 3.8) is 0 Å². The Hall–Kier alpha value is -1.79. The van der Waals surface area contributed by atoms with Crippen molar-refractivity contribution in [3.05, 3.63) is 24.3 Å². The van der Waals surface area contributed by atoms with Gasteiger partial charge in [0, 0.05) is 40.3 Å². The first-order valence-electron chi connectivity index (χ1n) is 8.26. The summed E-state index contributed by atoms with van der Waals surface area (Å²) in [5, 5.41) is 0. The Morgan fingerprint density at radius 3 is 2.26 bits per heavy atom. The molecule has 0 unspecified atom stereocenters. The van der Waals surface area contributed by atoms with Gasteiger partial charge in [0.1, 0.15) is 0 Å². The molecule has 3 rings (SSSR count). The van der Waals surface area contributed by atoms with Crippen LogP contribution in [0.1, 0.15) is 0 Å². The maximum Gasteiger partial charge on any atom is 0.200 e. The molecule has 0 N–H and O–H groups in total. The summed E-state index contributed by atoms with van der Waals surface area (Å²) in [4.78, 5) is 11.4. The number of anilines is 2. The molecule has 0 amide bonds. The van der Waals surface area contributed by atoms with Gasteiger partial charge in [0.2, 0.25) is 5.96 Å². The molecule has 2 aliphatic heterocycles. The van der Waals surface area contributed by atoms with Crippen molar-refractivity contribution >= 4 is 17.3 Å². The van der Waals surface area contributed by atoms with Crippen molar-refractivity contribution in [1.29, 1.82) is 0 Å². The minimum Gasteiger partial charge on any atom is -0.378 e. The smallest absolute Gasteiger partial charge is 0.200 e. The monoisotopic (exact) mass is 318 g/mol. The summed E-state index contributed by atoms with van der Waals surface area (Å²) in [5.74, 6) is 0.994. The Balaban J connectivity index is 1.84. The first kappa shape index (κ1) is 16.1. The number of rotatable bonds is 2. The minimum atomic E-state index is 0.762. The number of para-hydroxylation sites is 2. The maximum absolute atomic E-state index is 5.48. The number of benzene rings is 1. The molecule has 6 heteroatoms. The lowest BCUT2D eigenvalue weighted by molar-refractivity contribution is 0.0674. The molecule has 0 aliphatic carbocycles. The Bertz CT molecular complexity index is 537. The van der Waals surface area contributed by atoms with Gasteiger partial charge in [-0.25, -0.2) is 0 Å². The van der Waals surface area contributed by atoms with Crippen LogP contribution in [0.2, 0.25) is 0 Å². The molecule has 23 heavy (non-hydrogen) atoms. The lowest BCUT2D eigenvalue weighted by Gasteiger charge is -2.37. The first-order valence-corrected chi connectivity index (χ1v) is 8.26. The van der Waals surface area contributed by atoms with E-state index in [2.05, 4.69) is 51.0 Å². The van der Waals surface area contributed by atoms with Crippen LogP contribution >= 0.6 is 0 Å². The van der Waals surface area contributed by atoms with Crippen LogP contribution in [-0.4, -0.2) is 77.6 Å². The van der Waals surface area contributed by atoms with Crippen LogP contribution in [0.3, 0.4) is 0 Å². The number of ether oxygens (including phenoxy) is 2. The van der Waals surface area contributed by atoms with Crippen molar-refractivity contribution < 1.29 is 9.47 Å². The van der Waals surface area contributed by atoms with Crippen molar-refractivity contribution in [2.75, 3.05) is 76.5 Å². The van der Waals surface area contributed by atoms with Crippen LogP contribution in [-0.2, 0) is 9.47 Å². The van der Waals surface area contributed by atoms with Crippen LogP contribution in [0.4, 0.5) is 11.4 Å². The average Bonchev–Trinajstić information content (AvgIpc) is 2.64. The third-order valence-corrected chi connectivity index (χ3v) is 4.39. The molecule has 126 valence electrons. The quantitative estimate of drug-likeness (QED) is 0.607. The Morgan fingerprint density at radius 1 is 1.00 bits per heavy atom. The molecule has 2 saturated heterocycles. The summed E-state index contributed by atoms with van der Waals surface area (Å²) >= 11 is 0. The predicted octanol–water partition coefficient (Wildman–Crippen LogP) is 1.28. The third-order valence-electron chi connectivity index (χ3n) is 4.39. The minimum absolute atomic E-state index is 0.762. The highest BCUT2D eigenvalue weighted by molar-refractivity contribution is 5.98. The molecule has 2 aliphatic rings. The average molecular weight is 318 g/mol. The second-order valence-electron chi connectivity index (χ2n) is 5.77. The van der Waals surface area contributed by atoms with E-state index in [0.29, 0.717) is 0 Å². The molecule has 0 saturated carbocycles. The van der Waals surface area contributed by atoms with Crippen LogP contribution in [0.15, 0.2) is 29.3 Å². The molecule has 1 aromatic rings. The van der Waals surface area contributed by atoms with Gasteiger partial charge >= 0.3 is 0 Å². The lowest BCUT2D eigenvalue weighted by Crippen LogP contribution is -2.48. The summed E-state index contributed by atoms with van der Waals surface area (Å²) in [7, 11) is 3.95. The standard InChI is InChI=1S/C17H26N4O2/c1-18-17(21-9-13-23-14-10-21)19(2)15-5-3-4-6-16(15)20-7-11-22-12-8-20/h3-6H,7-14H2,1-2H3. The first-order chi connectivity index (χ1) is 11.3. The van der Waals surface area contributed by atoms with Gasteiger partial charge in [-0.05, 0) is 12.1 Å². The zero-order valence-corrected chi connectivity index (χ0v) is 14.1. The van der Waals surface area contributed by atoms with E-state index in [1.807, 2.05) is 7.05 Å². The maximum atomic E-state index is 5.48. The van der Waals surface area contributed by atoms with Crippen LogP contribution in [0.25, 0.3) is 0 Å². The number of aliphatic imine (C=N–C) groups is 1. The van der Waals surface area contributed by atoms with Crippen molar-refractivity contribution in [1.82, 2.24) is 4.90 Å². The highest BCUT2D eigenvalue weighted by atomic mass is 16.5. The second-order valence-corrected chi connectivity index (χ2v) is 5.77. The molecule has 0 spiro atoms. The summed E-state index contributed by atoms with van der Waals surface area (Å²) in [6.45, 7) is 6.73. The number of morpholine rings is 2. The number of hydrogen-bond acceptors (Lipinski definition) is 4. The normalized spacial score (nSPS) is 19.8. The molecule has 2 fully saturated rings. The molecule has 1 aromatic carbocycles. The highest BCUT2D eigenvalue weighted by Gasteiger charge is 2.22. The summed E-state index contributed by atoms with van der Waals surface area (Å²) in [6, 6.07) is 8.53. The predicted molar refractivity (Wildman–Crippen MR) is 93.6 cm³/mol. The van der Waals surface area contributed by atoms with Gasteiger partial charge in [-0.1, -0.05) is 12.1 Å². The van der Waals surface area contributed by atoms with E-state index in [9.17, 15) is 0 Å². The van der Waals surface area contributed by atoms with Crippen LogP contribution in [0, 0.1) is 0 Å². The van der Waals surface area contributed by atoms with Crippen LogP contribution in [0.5, 0.6) is 0 Å². The van der Waals surface area contributed by atoms with Gasteiger partial charge in [0.25, 0.3) is 0 Å². The summed E-state index contributed by atoms with van der Waals surface area (Å²) in [5.41, 5.74) is 2.43. The van der Waals surface area contributed by atoms with Crippen molar-refractivity contribution in [2.45, 2.75) is 0 Å². The number of nitrogens with zero attached hydrogens (tertiary/aromatic N) is 4. The summed E-state index contributed by atoms with van der Waals surface area (Å²) in [6.07, 6.45) is 0. The number of hydrogen-bond donors (Lipinski definition) is 0. The van der Waals surface area contributed by atoms with E-state index >= 15 is 0 Å². The van der Waals surface area contributed by atoms with Gasteiger partial charge < -0.3 is 24.2 Å². The third kappa shape index (κ3) is 3.59. The molecule has 0 bridgehead atoms. The lowest BCUT2D eigenvalue weighted by atomic mass is 10.2. The number of guanidine groups is 1. The van der Waals surface area contributed by atoms with E-state index in [0.717, 1.165) is 58.6 Å². The Labute approximate surface area is 138 Å². The molecule has 6 nitrogen and oxygen atoms in total. The van der Waals surface area contributed by atoms with Crippen molar-refractivity contribution in [3.8, 4) is 0 Å². The van der Waals surface area contributed by atoms with E-state index < -0.39 is 0 Å². The Kier molecular flexibility index (Phi) is 5.35. The molecule has 2 heterocycles. The largest absolute Gasteiger partial charge is 0.378 e. The van der Waals surface area contributed by atoms with E-state index in [1.54, 1.807) is 0 Å². The SMILES string of the molecule is CN=C(N1CCOCC1)N(C)c1ccccc1N1CCOCC1. The fraction of sp³-hybridized carbons (Fsp3) is 0.588. The van der Waals surface area contributed by atoms with Crippen molar-refractivity contribution in [2.24, 2.45) is 4.99 Å². The van der Waals surface area contributed by atoms with Gasteiger partial charge in [-0.3, -0.25) is 4.99 Å². The van der Waals surface area contributed by atoms with E-state index in [1.165, 1.54) is 11.4 Å².